The fraction of sp³-hybridized carbons (Fsp3) is 0.450. The number of hydrogen-bond acceptors (Lipinski definition) is 6. The Morgan fingerprint density at radius 1 is 1.15 bits per heavy atom. The summed E-state index contributed by atoms with van der Waals surface area (Å²) in [6.45, 7) is 4.52. The highest BCUT2D eigenvalue weighted by atomic mass is 32.1. The lowest BCUT2D eigenvalue weighted by Gasteiger charge is -2.42. The Morgan fingerprint density at radius 3 is 2.54 bits per heavy atom. The lowest BCUT2D eigenvalue weighted by molar-refractivity contribution is 0.108. The Kier molecular flexibility index (Phi) is 4.63. The van der Waals surface area contributed by atoms with Gasteiger partial charge in [0.2, 0.25) is 0 Å². The molecule has 2 aromatic heterocycles. The Bertz CT molecular complexity index is 900. The van der Waals surface area contributed by atoms with Gasteiger partial charge in [-0.25, -0.2) is 15.0 Å². The zero-order chi connectivity index (χ0) is 18.3. The Balaban J connectivity index is 1.53. The van der Waals surface area contributed by atoms with Crippen LogP contribution in [0.3, 0.4) is 0 Å². The molecule has 0 spiro atoms. The number of nitrogens with zero attached hydrogens (tertiary/aromatic N) is 4. The lowest BCUT2D eigenvalue weighted by atomic mass is 9.79. The smallest absolute Gasteiger partial charge is 0.316 e. The largest absolute Gasteiger partial charge is 0.467 e. The van der Waals surface area contributed by atoms with Gasteiger partial charge in [0, 0.05) is 36.0 Å². The molecular weight excluding hydrogens is 344 g/mol. The monoisotopic (exact) mass is 368 g/mol. The molecule has 0 unspecified atom stereocenters. The molecule has 0 aliphatic heterocycles. The van der Waals surface area contributed by atoms with Crippen LogP contribution in [0.15, 0.2) is 30.6 Å². The molecule has 5 nitrogen and oxygen atoms in total. The first-order chi connectivity index (χ1) is 12.5. The maximum Gasteiger partial charge on any atom is 0.316 e. The molecule has 2 heterocycles. The summed E-state index contributed by atoms with van der Waals surface area (Å²) in [5.41, 5.74) is 3.19. The number of thiazole rings is 1. The van der Waals surface area contributed by atoms with E-state index in [4.69, 9.17) is 9.72 Å². The van der Waals surface area contributed by atoms with Gasteiger partial charge in [-0.2, -0.15) is 0 Å². The zero-order valence-electron chi connectivity index (χ0n) is 15.6. The number of methoxy groups -OCH3 is 1. The van der Waals surface area contributed by atoms with Crippen LogP contribution in [0.2, 0.25) is 0 Å². The fourth-order valence-corrected chi connectivity index (χ4v) is 4.54. The molecule has 0 saturated heterocycles. The van der Waals surface area contributed by atoms with E-state index in [0.717, 1.165) is 16.6 Å². The second kappa shape index (κ2) is 6.93. The van der Waals surface area contributed by atoms with Crippen molar-refractivity contribution >= 4 is 21.6 Å². The summed E-state index contributed by atoms with van der Waals surface area (Å²) in [5.74, 6) is 0.603. The third-order valence-electron chi connectivity index (χ3n) is 5.40. The first-order valence-corrected chi connectivity index (χ1v) is 9.85. The summed E-state index contributed by atoms with van der Waals surface area (Å²) < 4.78 is 6.26. The van der Waals surface area contributed by atoms with Gasteiger partial charge in [0.15, 0.2) is 0 Å². The van der Waals surface area contributed by atoms with Crippen molar-refractivity contribution in [1.82, 2.24) is 19.9 Å². The van der Waals surface area contributed by atoms with Crippen molar-refractivity contribution in [1.29, 1.82) is 0 Å². The second-order valence-electron chi connectivity index (χ2n) is 7.27. The topological polar surface area (TPSA) is 51.1 Å². The van der Waals surface area contributed by atoms with Gasteiger partial charge in [-0.05, 0) is 51.4 Å². The van der Waals surface area contributed by atoms with Crippen LogP contribution >= 0.6 is 11.3 Å². The van der Waals surface area contributed by atoms with Gasteiger partial charge >= 0.3 is 6.01 Å². The minimum Gasteiger partial charge on any atom is -0.467 e. The number of aromatic nitrogens is 3. The van der Waals surface area contributed by atoms with Gasteiger partial charge in [-0.1, -0.05) is 6.07 Å². The third-order valence-corrected chi connectivity index (χ3v) is 6.58. The highest BCUT2D eigenvalue weighted by Crippen LogP contribution is 2.43. The van der Waals surface area contributed by atoms with Gasteiger partial charge in [0.25, 0.3) is 0 Å². The number of fused-ring (bicyclic) bond motifs is 1. The lowest BCUT2D eigenvalue weighted by Crippen LogP contribution is -2.44. The molecule has 6 heteroatoms. The fourth-order valence-electron chi connectivity index (χ4n) is 3.41. The van der Waals surface area contributed by atoms with Gasteiger partial charge < -0.3 is 9.64 Å². The van der Waals surface area contributed by atoms with Crippen LogP contribution in [0.5, 0.6) is 6.01 Å². The van der Waals surface area contributed by atoms with Crippen molar-refractivity contribution in [2.24, 2.45) is 0 Å². The van der Waals surface area contributed by atoms with E-state index in [1.165, 1.54) is 22.5 Å². The molecule has 3 aromatic rings. The summed E-state index contributed by atoms with van der Waals surface area (Å²) in [6, 6.07) is 8.07. The van der Waals surface area contributed by atoms with Crippen molar-refractivity contribution in [2.45, 2.75) is 44.7 Å². The normalized spacial score (nSPS) is 19.9. The van der Waals surface area contributed by atoms with Crippen LogP contribution in [-0.2, 0) is 0 Å². The molecule has 1 fully saturated rings. The van der Waals surface area contributed by atoms with E-state index in [2.05, 4.69) is 54.0 Å². The van der Waals surface area contributed by atoms with E-state index < -0.39 is 0 Å². The highest BCUT2D eigenvalue weighted by Gasteiger charge is 2.35. The molecule has 4 rings (SSSR count). The summed E-state index contributed by atoms with van der Waals surface area (Å²) in [6.07, 6.45) is 6.03. The summed E-state index contributed by atoms with van der Waals surface area (Å²) in [5, 5.41) is 1.27. The van der Waals surface area contributed by atoms with Gasteiger partial charge in [-0.3, -0.25) is 0 Å². The van der Waals surface area contributed by atoms with E-state index in [-0.39, 0.29) is 0 Å². The van der Waals surface area contributed by atoms with E-state index >= 15 is 0 Å². The molecule has 136 valence electrons. The molecule has 1 aliphatic rings. The molecular formula is C20H24N4OS. The van der Waals surface area contributed by atoms with Gasteiger partial charge in [0.1, 0.15) is 0 Å². The SMILES string of the molecule is COc1ncc(-c2ccc3nc(C4CC(N(C)C(C)C)C4)sc3c2)cn1. The molecule has 0 bridgehead atoms. The predicted octanol–water partition coefficient (Wildman–Crippen LogP) is 4.35. The van der Waals surface area contributed by atoms with E-state index in [9.17, 15) is 0 Å². The number of benzene rings is 1. The van der Waals surface area contributed by atoms with Crippen molar-refractivity contribution in [3.8, 4) is 17.1 Å². The van der Waals surface area contributed by atoms with Gasteiger partial charge in [0.05, 0.1) is 22.3 Å². The van der Waals surface area contributed by atoms with E-state index in [1.807, 2.05) is 11.3 Å². The van der Waals surface area contributed by atoms with Crippen LogP contribution in [-0.4, -0.2) is 46.1 Å². The third kappa shape index (κ3) is 3.19. The number of hydrogen-bond donors (Lipinski definition) is 0. The van der Waals surface area contributed by atoms with Crippen LogP contribution in [0.1, 0.15) is 37.6 Å². The standard InChI is InChI=1S/C20H24N4OS/c1-12(2)24(3)16-7-14(8-16)19-23-17-6-5-13(9-18(17)26-19)15-10-21-20(25-4)22-11-15/h5-6,9-12,14,16H,7-8H2,1-4H3. The van der Waals surface area contributed by atoms with Crippen molar-refractivity contribution in [3.05, 3.63) is 35.6 Å². The molecule has 1 aromatic carbocycles. The number of rotatable bonds is 5. The van der Waals surface area contributed by atoms with Crippen LogP contribution < -0.4 is 4.74 Å². The average Bonchev–Trinajstić information content (AvgIpc) is 3.02. The molecule has 0 amide bonds. The van der Waals surface area contributed by atoms with Crippen molar-refractivity contribution in [2.75, 3.05) is 14.2 Å². The minimum absolute atomic E-state index is 0.390. The van der Waals surface area contributed by atoms with E-state index in [1.54, 1.807) is 19.5 Å². The number of ether oxygens (including phenoxy) is 1. The molecule has 0 atom stereocenters. The van der Waals surface area contributed by atoms with Crippen molar-refractivity contribution < 1.29 is 4.74 Å². The summed E-state index contributed by atoms with van der Waals surface area (Å²) in [7, 11) is 3.80. The predicted molar refractivity (Wildman–Crippen MR) is 106 cm³/mol. The van der Waals surface area contributed by atoms with Crippen LogP contribution in [0, 0.1) is 0 Å². The van der Waals surface area contributed by atoms with Gasteiger partial charge in [-0.15, -0.1) is 11.3 Å². The molecule has 1 aliphatic carbocycles. The maximum atomic E-state index is 5.03. The minimum atomic E-state index is 0.390. The Hall–Kier alpha value is -2.05. The van der Waals surface area contributed by atoms with Crippen LogP contribution in [0.4, 0.5) is 0 Å². The maximum absolute atomic E-state index is 5.03. The summed E-state index contributed by atoms with van der Waals surface area (Å²) in [4.78, 5) is 15.8. The van der Waals surface area contributed by atoms with E-state index in [0.29, 0.717) is 24.0 Å². The zero-order valence-corrected chi connectivity index (χ0v) is 16.5. The van der Waals surface area contributed by atoms with Crippen molar-refractivity contribution in [3.63, 3.8) is 0 Å². The second-order valence-corrected chi connectivity index (χ2v) is 8.34. The molecule has 0 N–H and O–H groups in total. The quantitative estimate of drug-likeness (QED) is 0.670. The molecule has 1 saturated carbocycles. The first kappa shape index (κ1) is 17.4. The average molecular weight is 369 g/mol. The molecule has 0 radical (unpaired) electrons. The van der Waals surface area contributed by atoms with Crippen LogP contribution in [0.25, 0.3) is 21.3 Å². The Labute approximate surface area is 158 Å². The molecule has 26 heavy (non-hydrogen) atoms. The first-order valence-electron chi connectivity index (χ1n) is 9.04. The summed E-state index contributed by atoms with van der Waals surface area (Å²) >= 11 is 1.82. The highest BCUT2D eigenvalue weighted by molar-refractivity contribution is 7.18. The Morgan fingerprint density at radius 2 is 1.88 bits per heavy atom.